The normalized spacial score (nSPS) is 15.7. The zero-order valence-corrected chi connectivity index (χ0v) is 15.5. The minimum Gasteiger partial charge on any atom is -0.497 e. The van der Waals surface area contributed by atoms with E-state index in [1.54, 1.807) is 49.1 Å². The van der Waals surface area contributed by atoms with Crippen LogP contribution in [0.2, 0.25) is 0 Å². The SMILES string of the molecule is COc1cc(OC)cc(C(=O)N2CCS/C2=C/c2c(C)noc2C)c1. The minimum atomic E-state index is -0.0831. The number of benzene rings is 1. The first kappa shape index (κ1) is 17.4. The van der Waals surface area contributed by atoms with Crippen LogP contribution in [0.5, 0.6) is 11.5 Å². The number of ether oxygens (including phenoxy) is 2. The van der Waals surface area contributed by atoms with Crippen molar-refractivity contribution in [1.29, 1.82) is 0 Å². The molecule has 7 heteroatoms. The summed E-state index contributed by atoms with van der Waals surface area (Å²) in [7, 11) is 3.13. The molecule has 1 aliphatic rings. The van der Waals surface area contributed by atoms with Gasteiger partial charge in [0.1, 0.15) is 17.3 Å². The molecular formula is C18H20N2O4S. The van der Waals surface area contributed by atoms with Gasteiger partial charge in [0.05, 0.1) is 24.9 Å². The Labute approximate surface area is 150 Å². The summed E-state index contributed by atoms with van der Waals surface area (Å²) in [6.45, 7) is 4.41. The second-order valence-corrected chi connectivity index (χ2v) is 6.74. The van der Waals surface area contributed by atoms with Crippen molar-refractivity contribution in [3.63, 3.8) is 0 Å². The van der Waals surface area contributed by atoms with Crippen LogP contribution in [0, 0.1) is 13.8 Å². The predicted octanol–water partition coefficient (Wildman–Crippen LogP) is 3.50. The molecule has 132 valence electrons. The average molecular weight is 360 g/mol. The highest BCUT2D eigenvalue weighted by molar-refractivity contribution is 8.03. The summed E-state index contributed by atoms with van der Waals surface area (Å²) in [4.78, 5) is 14.8. The summed E-state index contributed by atoms with van der Waals surface area (Å²) in [5, 5.41) is 4.86. The molecule has 6 nitrogen and oxygen atoms in total. The molecule has 1 aromatic heterocycles. The Kier molecular flexibility index (Phi) is 5.03. The highest BCUT2D eigenvalue weighted by Crippen LogP contribution is 2.33. The number of carbonyl (C=O) groups excluding carboxylic acids is 1. The highest BCUT2D eigenvalue weighted by Gasteiger charge is 2.26. The highest BCUT2D eigenvalue weighted by atomic mass is 32.2. The number of carbonyl (C=O) groups is 1. The number of aryl methyl sites for hydroxylation is 2. The summed E-state index contributed by atoms with van der Waals surface area (Å²) >= 11 is 1.64. The summed E-state index contributed by atoms with van der Waals surface area (Å²) in [6, 6.07) is 5.19. The van der Waals surface area contributed by atoms with Crippen molar-refractivity contribution in [2.45, 2.75) is 13.8 Å². The Morgan fingerprint density at radius 3 is 2.48 bits per heavy atom. The second-order valence-electron chi connectivity index (χ2n) is 5.63. The van der Waals surface area contributed by atoms with E-state index in [1.165, 1.54) is 0 Å². The molecule has 0 bridgehead atoms. The molecule has 1 saturated heterocycles. The summed E-state index contributed by atoms with van der Waals surface area (Å²) in [5.41, 5.74) is 2.27. The fourth-order valence-corrected chi connectivity index (χ4v) is 3.67. The van der Waals surface area contributed by atoms with E-state index in [9.17, 15) is 4.79 Å². The minimum absolute atomic E-state index is 0.0831. The van der Waals surface area contributed by atoms with Crippen LogP contribution in [0.4, 0.5) is 0 Å². The van der Waals surface area contributed by atoms with Crippen LogP contribution in [-0.2, 0) is 0 Å². The molecule has 1 fully saturated rings. The number of thioether (sulfide) groups is 1. The van der Waals surface area contributed by atoms with Crippen molar-refractivity contribution in [1.82, 2.24) is 10.1 Å². The lowest BCUT2D eigenvalue weighted by atomic mass is 10.1. The first-order chi connectivity index (χ1) is 12.0. The molecule has 0 unspecified atom stereocenters. The van der Waals surface area contributed by atoms with Gasteiger partial charge in [-0.25, -0.2) is 0 Å². The molecule has 2 heterocycles. The van der Waals surface area contributed by atoms with Crippen LogP contribution >= 0.6 is 11.8 Å². The molecule has 1 aliphatic heterocycles. The number of nitrogens with zero attached hydrogens (tertiary/aromatic N) is 2. The Morgan fingerprint density at radius 1 is 1.24 bits per heavy atom. The maximum Gasteiger partial charge on any atom is 0.258 e. The molecule has 0 spiro atoms. The molecule has 0 N–H and O–H groups in total. The van der Waals surface area contributed by atoms with E-state index >= 15 is 0 Å². The van der Waals surface area contributed by atoms with Gasteiger partial charge in [-0.05, 0) is 32.1 Å². The van der Waals surface area contributed by atoms with Crippen molar-refractivity contribution in [3.05, 3.63) is 45.8 Å². The standard InChI is InChI=1S/C18H20N2O4S/c1-11-16(12(2)24-19-11)10-17-20(5-6-25-17)18(21)13-7-14(22-3)9-15(8-13)23-4/h7-10H,5-6H2,1-4H3/b17-10+. The van der Waals surface area contributed by atoms with Crippen LogP contribution in [0.15, 0.2) is 27.8 Å². The van der Waals surface area contributed by atoms with E-state index in [0.29, 0.717) is 23.6 Å². The molecule has 2 aromatic rings. The van der Waals surface area contributed by atoms with Crippen LogP contribution in [-0.4, -0.2) is 42.5 Å². The van der Waals surface area contributed by atoms with E-state index in [2.05, 4.69) is 5.16 Å². The van der Waals surface area contributed by atoms with Gasteiger partial charge in [-0.2, -0.15) is 0 Å². The molecule has 1 aromatic carbocycles. The van der Waals surface area contributed by atoms with E-state index in [1.807, 2.05) is 19.9 Å². The smallest absolute Gasteiger partial charge is 0.258 e. The number of aromatic nitrogens is 1. The van der Waals surface area contributed by atoms with Gasteiger partial charge in [0.2, 0.25) is 0 Å². The largest absolute Gasteiger partial charge is 0.497 e. The summed E-state index contributed by atoms with van der Waals surface area (Å²) < 4.78 is 15.7. The van der Waals surface area contributed by atoms with Crippen molar-refractivity contribution in [2.24, 2.45) is 0 Å². The quantitative estimate of drug-likeness (QED) is 0.831. The van der Waals surface area contributed by atoms with Gasteiger partial charge in [-0.3, -0.25) is 4.79 Å². The van der Waals surface area contributed by atoms with E-state index in [0.717, 1.165) is 27.8 Å². The third-order valence-electron chi connectivity index (χ3n) is 4.03. The summed E-state index contributed by atoms with van der Waals surface area (Å²) in [5.74, 6) is 2.69. The van der Waals surface area contributed by atoms with Crippen LogP contribution in [0.3, 0.4) is 0 Å². The Hall–Kier alpha value is -2.41. The van der Waals surface area contributed by atoms with Gasteiger partial charge in [0.15, 0.2) is 0 Å². The monoisotopic (exact) mass is 360 g/mol. The first-order valence-electron chi connectivity index (χ1n) is 7.85. The molecule has 0 radical (unpaired) electrons. The molecular weight excluding hydrogens is 340 g/mol. The van der Waals surface area contributed by atoms with Crippen LogP contribution < -0.4 is 9.47 Å². The summed E-state index contributed by atoms with van der Waals surface area (Å²) in [6.07, 6.45) is 1.97. The third-order valence-corrected chi connectivity index (χ3v) is 5.05. The maximum atomic E-state index is 13.0. The van der Waals surface area contributed by atoms with Gasteiger partial charge in [0, 0.05) is 29.5 Å². The number of hydrogen-bond acceptors (Lipinski definition) is 6. The molecule has 0 aliphatic carbocycles. The van der Waals surface area contributed by atoms with Gasteiger partial charge >= 0.3 is 0 Å². The Balaban J connectivity index is 1.94. The van der Waals surface area contributed by atoms with Crippen LogP contribution in [0.25, 0.3) is 6.08 Å². The topological polar surface area (TPSA) is 64.8 Å². The lowest BCUT2D eigenvalue weighted by Crippen LogP contribution is -2.26. The van der Waals surface area contributed by atoms with Gasteiger partial charge < -0.3 is 18.9 Å². The van der Waals surface area contributed by atoms with Gasteiger partial charge in [0.25, 0.3) is 5.91 Å². The Morgan fingerprint density at radius 2 is 1.92 bits per heavy atom. The van der Waals surface area contributed by atoms with E-state index in [4.69, 9.17) is 14.0 Å². The lowest BCUT2D eigenvalue weighted by molar-refractivity contribution is 0.0830. The molecule has 1 amide bonds. The van der Waals surface area contributed by atoms with Crippen molar-refractivity contribution < 1.29 is 18.8 Å². The van der Waals surface area contributed by atoms with Crippen molar-refractivity contribution in [3.8, 4) is 11.5 Å². The fourth-order valence-electron chi connectivity index (χ4n) is 2.66. The zero-order valence-electron chi connectivity index (χ0n) is 14.7. The molecule has 0 saturated carbocycles. The van der Waals surface area contributed by atoms with E-state index < -0.39 is 0 Å². The van der Waals surface area contributed by atoms with E-state index in [-0.39, 0.29) is 5.91 Å². The molecule has 25 heavy (non-hydrogen) atoms. The van der Waals surface area contributed by atoms with Gasteiger partial charge in [-0.15, -0.1) is 11.8 Å². The maximum absolute atomic E-state index is 13.0. The number of methoxy groups -OCH3 is 2. The lowest BCUT2D eigenvalue weighted by Gasteiger charge is -2.18. The number of amides is 1. The molecule has 0 atom stereocenters. The number of rotatable bonds is 4. The predicted molar refractivity (Wildman–Crippen MR) is 97.0 cm³/mol. The van der Waals surface area contributed by atoms with Crippen LogP contribution in [0.1, 0.15) is 27.4 Å². The van der Waals surface area contributed by atoms with Crippen molar-refractivity contribution in [2.75, 3.05) is 26.5 Å². The number of hydrogen-bond donors (Lipinski definition) is 0. The third kappa shape index (κ3) is 3.51. The fraction of sp³-hybridized carbons (Fsp3) is 0.333. The zero-order chi connectivity index (χ0) is 18.0. The Bertz CT molecular complexity index is 787. The van der Waals surface area contributed by atoms with Crippen molar-refractivity contribution >= 4 is 23.7 Å². The second kappa shape index (κ2) is 7.23. The molecule has 3 rings (SSSR count). The first-order valence-corrected chi connectivity index (χ1v) is 8.84. The average Bonchev–Trinajstić information content (AvgIpc) is 3.22. The van der Waals surface area contributed by atoms with Gasteiger partial charge in [-0.1, -0.05) is 5.16 Å².